The Labute approximate surface area is 181 Å². The number of carbonyl (C=O) groups excluding carboxylic acids is 4. The standard InChI is InChI=1S/C16H18O17/c17-6(12(25)33-11(24)5-16(31,14(28)29)3-8(20)21)1-9(22)32-10(23)4-15(30,13(26)27)2-7(18)19/h6,17,30-31H,1-5H2,(H,18,19)(H,20,21)(H,26,27)(H,28,29). The van der Waals surface area contributed by atoms with Crippen molar-refractivity contribution in [3.63, 3.8) is 0 Å². The molecule has 0 aromatic carbocycles. The van der Waals surface area contributed by atoms with Crippen molar-refractivity contribution in [2.45, 2.75) is 49.4 Å². The van der Waals surface area contributed by atoms with Crippen LogP contribution in [0.3, 0.4) is 0 Å². The predicted molar refractivity (Wildman–Crippen MR) is 91.7 cm³/mol. The largest absolute Gasteiger partial charge is 0.481 e. The highest BCUT2D eigenvalue weighted by Crippen LogP contribution is 2.18. The molecule has 0 spiro atoms. The van der Waals surface area contributed by atoms with Gasteiger partial charge in [0.2, 0.25) is 0 Å². The van der Waals surface area contributed by atoms with E-state index in [-0.39, 0.29) is 0 Å². The lowest BCUT2D eigenvalue weighted by Gasteiger charge is -2.20. The highest BCUT2D eigenvalue weighted by molar-refractivity contribution is 5.96. The number of aliphatic hydroxyl groups is 3. The van der Waals surface area contributed by atoms with Crippen LogP contribution in [0, 0.1) is 0 Å². The molecule has 17 nitrogen and oxygen atoms in total. The van der Waals surface area contributed by atoms with Crippen LogP contribution in [0.1, 0.15) is 32.1 Å². The third-order valence-electron chi connectivity index (χ3n) is 3.63. The van der Waals surface area contributed by atoms with Gasteiger partial charge < -0.3 is 45.2 Å². The van der Waals surface area contributed by atoms with E-state index in [1.165, 1.54) is 0 Å². The van der Waals surface area contributed by atoms with Crippen molar-refractivity contribution in [2.24, 2.45) is 0 Å². The Hall–Kier alpha value is -3.96. The maximum Gasteiger partial charge on any atom is 0.343 e. The highest BCUT2D eigenvalue weighted by atomic mass is 16.6. The molecule has 3 atom stereocenters. The molecule has 0 aliphatic heterocycles. The van der Waals surface area contributed by atoms with Crippen molar-refractivity contribution >= 4 is 47.8 Å². The Morgan fingerprint density at radius 3 is 1.30 bits per heavy atom. The van der Waals surface area contributed by atoms with Gasteiger partial charge in [0.1, 0.15) is 0 Å². The Morgan fingerprint density at radius 2 is 0.970 bits per heavy atom. The summed E-state index contributed by atoms with van der Waals surface area (Å²) in [5.41, 5.74) is -6.29. The molecular formula is C16H18O17. The number of esters is 4. The van der Waals surface area contributed by atoms with Crippen molar-refractivity contribution in [2.75, 3.05) is 0 Å². The molecule has 0 fully saturated rings. The molecule has 3 unspecified atom stereocenters. The van der Waals surface area contributed by atoms with Crippen LogP contribution < -0.4 is 0 Å². The summed E-state index contributed by atoms with van der Waals surface area (Å²) in [6.45, 7) is 0. The van der Waals surface area contributed by atoms with E-state index in [0.717, 1.165) is 0 Å². The molecule has 0 saturated heterocycles. The molecule has 0 aliphatic carbocycles. The number of carboxylic acid groups (broad SMARTS) is 4. The molecule has 0 amide bonds. The molecule has 0 bridgehead atoms. The normalized spacial score (nSPS) is 15.1. The Morgan fingerprint density at radius 1 is 0.606 bits per heavy atom. The third-order valence-corrected chi connectivity index (χ3v) is 3.63. The van der Waals surface area contributed by atoms with Gasteiger partial charge in [-0.2, -0.15) is 0 Å². The summed E-state index contributed by atoms with van der Waals surface area (Å²) >= 11 is 0. The summed E-state index contributed by atoms with van der Waals surface area (Å²) in [6.07, 6.45) is -9.80. The molecule has 33 heavy (non-hydrogen) atoms. The highest BCUT2D eigenvalue weighted by Gasteiger charge is 2.43. The number of rotatable bonds is 13. The van der Waals surface area contributed by atoms with Crippen LogP contribution in [0.25, 0.3) is 0 Å². The van der Waals surface area contributed by atoms with E-state index in [0.29, 0.717) is 0 Å². The van der Waals surface area contributed by atoms with Crippen molar-refractivity contribution in [3.8, 4) is 0 Å². The zero-order valence-corrected chi connectivity index (χ0v) is 16.3. The number of aliphatic hydroxyl groups excluding tert-OH is 1. The number of carbonyl (C=O) groups is 8. The number of aliphatic carboxylic acids is 4. The molecule has 0 radical (unpaired) electrons. The second kappa shape index (κ2) is 11.6. The van der Waals surface area contributed by atoms with Crippen molar-refractivity contribution in [1.29, 1.82) is 0 Å². The fourth-order valence-electron chi connectivity index (χ4n) is 2.07. The van der Waals surface area contributed by atoms with Crippen LogP contribution in [0.5, 0.6) is 0 Å². The molecule has 184 valence electrons. The quantitative estimate of drug-likeness (QED) is 0.0978. The summed E-state index contributed by atoms with van der Waals surface area (Å²) < 4.78 is 8.01. The molecular weight excluding hydrogens is 464 g/mol. The monoisotopic (exact) mass is 482 g/mol. The minimum atomic E-state index is -3.16. The number of ether oxygens (including phenoxy) is 2. The fourth-order valence-corrected chi connectivity index (χ4v) is 2.07. The summed E-state index contributed by atoms with van der Waals surface area (Å²) in [5.74, 6) is -15.0. The van der Waals surface area contributed by atoms with Gasteiger partial charge in [0.15, 0.2) is 17.3 Å². The number of hydrogen-bond donors (Lipinski definition) is 7. The van der Waals surface area contributed by atoms with Crippen LogP contribution in [-0.2, 0) is 47.8 Å². The maximum absolute atomic E-state index is 11.6. The molecule has 0 aromatic rings. The van der Waals surface area contributed by atoms with Gasteiger partial charge in [0.25, 0.3) is 0 Å². The molecule has 0 aromatic heterocycles. The minimum Gasteiger partial charge on any atom is -0.481 e. The van der Waals surface area contributed by atoms with Crippen molar-refractivity contribution in [3.05, 3.63) is 0 Å². The first-order chi connectivity index (χ1) is 14.9. The lowest BCUT2D eigenvalue weighted by Crippen LogP contribution is -2.44. The van der Waals surface area contributed by atoms with Crippen molar-refractivity contribution < 1.29 is 83.6 Å². The molecule has 0 rings (SSSR count). The van der Waals surface area contributed by atoms with Gasteiger partial charge in [-0.25, -0.2) is 14.4 Å². The number of hydrogen-bond acceptors (Lipinski definition) is 13. The predicted octanol–water partition coefficient (Wildman–Crippen LogP) is -3.76. The van der Waals surface area contributed by atoms with E-state index >= 15 is 0 Å². The fraction of sp³-hybridized carbons (Fsp3) is 0.500. The Bertz CT molecular complexity index is 859. The number of carboxylic acids is 4. The topological polar surface area (TPSA) is 297 Å². The van der Waals surface area contributed by atoms with Gasteiger partial charge in [0, 0.05) is 0 Å². The van der Waals surface area contributed by atoms with Gasteiger partial charge in [-0.15, -0.1) is 0 Å². The summed E-state index contributed by atoms with van der Waals surface area (Å²) in [5, 5.41) is 63.5. The third kappa shape index (κ3) is 9.80. The van der Waals surface area contributed by atoms with Gasteiger partial charge in [-0.1, -0.05) is 0 Å². The average Bonchev–Trinajstić information content (AvgIpc) is 2.58. The average molecular weight is 482 g/mol. The summed E-state index contributed by atoms with van der Waals surface area (Å²) in [7, 11) is 0. The maximum atomic E-state index is 11.6. The first-order valence-electron chi connectivity index (χ1n) is 8.43. The van der Waals surface area contributed by atoms with Gasteiger partial charge in [-0.05, 0) is 0 Å². The van der Waals surface area contributed by atoms with E-state index in [1.54, 1.807) is 0 Å². The smallest absolute Gasteiger partial charge is 0.343 e. The van der Waals surface area contributed by atoms with Crippen LogP contribution in [0.15, 0.2) is 0 Å². The summed E-state index contributed by atoms with van der Waals surface area (Å²) in [6, 6.07) is 0. The minimum absolute atomic E-state index is 1.37. The molecule has 0 heterocycles. The molecule has 17 heteroatoms. The van der Waals surface area contributed by atoms with Gasteiger partial charge in [-0.3, -0.25) is 24.0 Å². The van der Waals surface area contributed by atoms with E-state index in [2.05, 4.69) is 9.47 Å². The summed E-state index contributed by atoms with van der Waals surface area (Å²) in [4.78, 5) is 89.2. The van der Waals surface area contributed by atoms with Gasteiger partial charge >= 0.3 is 47.8 Å². The molecule has 7 N–H and O–H groups in total. The first-order valence-corrected chi connectivity index (χ1v) is 8.43. The van der Waals surface area contributed by atoms with E-state index in [9.17, 15) is 53.7 Å². The molecule has 0 aliphatic rings. The van der Waals surface area contributed by atoms with Crippen molar-refractivity contribution in [1.82, 2.24) is 0 Å². The second-order valence-electron chi connectivity index (χ2n) is 6.53. The van der Waals surface area contributed by atoms with Crippen LogP contribution in [0.2, 0.25) is 0 Å². The lowest BCUT2D eigenvalue weighted by molar-refractivity contribution is -0.179. The van der Waals surface area contributed by atoms with E-state index in [1.807, 2.05) is 0 Å². The molecule has 0 saturated carbocycles. The second-order valence-corrected chi connectivity index (χ2v) is 6.53. The Balaban J connectivity index is 4.91. The first kappa shape index (κ1) is 29.0. The van der Waals surface area contributed by atoms with E-state index < -0.39 is 97.2 Å². The van der Waals surface area contributed by atoms with E-state index in [4.69, 9.17) is 20.4 Å². The lowest BCUT2D eigenvalue weighted by atomic mass is 9.96. The van der Waals surface area contributed by atoms with Gasteiger partial charge in [0.05, 0.1) is 32.1 Å². The SMILES string of the molecule is O=C(O)CC(O)(CC(=O)OC(=O)CC(O)C(=O)OC(=O)CC(O)(CC(=O)O)C(=O)O)C(=O)O. The van der Waals surface area contributed by atoms with Crippen LogP contribution in [0.4, 0.5) is 0 Å². The van der Waals surface area contributed by atoms with Crippen LogP contribution >= 0.6 is 0 Å². The zero-order valence-electron chi connectivity index (χ0n) is 16.3. The zero-order chi connectivity index (χ0) is 26.1. The Kier molecular flexibility index (Phi) is 10.2. The van der Waals surface area contributed by atoms with Crippen LogP contribution in [-0.4, -0.2) is 101 Å².